The molecule has 0 radical (unpaired) electrons. The van der Waals surface area contributed by atoms with E-state index in [1.807, 2.05) is 12.1 Å². The average Bonchev–Trinajstić information content (AvgIpc) is 3.02. The Morgan fingerprint density at radius 3 is 2.52 bits per heavy atom. The predicted molar refractivity (Wildman–Crippen MR) is 92.5 cm³/mol. The Bertz CT molecular complexity index is 753. The minimum atomic E-state index is -0.421. The zero-order valence-electron chi connectivity index (χ0n) is 13.9. The molecule has 2 unspecified atom stereocenters. The van der Waals surface area contributed by atoms with Gasteiger partial charge in [0.1, 0.15) is 5.75 Å². The summed E-state index contributed by atoms with van der Waals surface area (Å²) < 4.78 is 6.40. The van der Waals surface area contributed by atoms with Crippen molar-refractivity contribution in [1.82, 2.24) is 5.01 Å². The summed E-state index contributed by atoms with van der Waals surface area (Å²) in [6, 6.07) is 19.1. The minimum Gasteiger partial charge on any atom is -0.466 e. The van der Waals surface area contributed by atoms with Crippen LogP contribution in [0.1, 0.15) is 44.4 Å². The van der Waals surface area contributed by atoms with E-state index in [-0.39, 0.29) is 6.04 Å². The summed E-state index contributed by atoms with van der Waals surface area (Å²) in [5, 5.41) is 7.16. The fraction of sp³-hybridized carbons (Fsp3) is 0.350. The smallest absolute Gasteiger partial charge is 0.197 e. The van der Waals surface area contributed by atoms with Crippen molar-refractivity contribution in [1.29, 1.82) is 0 Å². The highest BCUT2D eigenvalue weighted by Crippen LogP contribution is 2.48. The zero-order chi connectivity index (χ0) is 16.0. The molecule has 2 aromatic rings. The molecule has 0 fully saturated rings. The first-order chi connectivity index (χ1) is 11.1. The third kappa shape index (κ3) is 2.14. The quantitative estimate of drug-likeness (QED) is 0.810. The lowest BCUT2D eigenvalue weighted by Crippen LogP contribution is -2.54. The number of rotatable bonds is 2. The first kappa shape index (κ1) is 14.3. The van der Waals surface area contributed by atoms with Gasteiger partial charge in [0.05, 0.1) is 11.8 Å². The van der Waals surface area contributed by atoms with Crippen LogP contribution in [0.3, 0.4) is 0 Å². The summed E-state index contributed by atoms with van der Waals surface area (Å²) >= 11 is 0. The summed E-state index contributed by atoms with van der Waals surface area (Å²) in [5.74, 6) is 1.33. The number of benzene rings is 2. The van der Waals surface area contributed by atoms with E-state index in [2.05, 4.69) is 68.2 Å². The van der Waals surface area contributed by atoms with E-state index >= 15 is 0 Å². The van der Waals surface area contributed by atoms with E-state index in [0.29, 0.717) is 5.92 Å². The van der Waals surface area contributed by atoms with E-state index in [0.717, 1.165) is 17.9 Å². The molecule has 0 aliphatic carbocycles. The third-order valence-corrected chi connectivity index (χ3v) is 5.14. The van der Waals surface area contributed by atoms with Gasteiger partial charge in [-0.05, 0) is 18.6 Å². The van der Waals surface area contributed by atoms with Crippen molar-refractivity contribution in [2.75, 3.05) is 0 Å². The number of ether oxygens (including phenoxy) is 1. The molecule has 0 aromatic heterocycles. The number of hydrogen-bond donors (Lipinski definition) is 0. The van der Waals surface area contributed by atoms with E-state index in [4.69, 9.17) is 9.84 Å². The van der Waals surface area contributed by atoms with Crippen molar-refractivity contribution in [3.05, 3.63) is 65.7 Å². The molecule has 0 spiro atoms. The Kier molecular flexibility index (Phi) is 3.19. The summed E-state index contributed by atoms with van der Waals surface area (Å²) in [5.41, 5.74) is 3.16. The van der Waals surface area contributed by atoms with Gasteiger partial charge >= 0.3 is 0 Å². The second-order valence-electron chi connectivity index (χ2n) is 6.83. The normalized spacial score (nSPS) is 25.7. The average molecular weight is 306 g/mol. The summed E-state index contributed by atoms with van der Waals surface area (Å²) in [7, 11) is 0. The molecule has 2 atom stereocenters. The van der Waals surface area contributed by atoms with Crippen LogP contribution in [0.2, 0.25) is 0 Å². The van der Waals surface area contributed by atoms with Gasteiger partial charge in [-0.1, -0.05) is 62.4 Å². The maximum atomic E-state index is 6.40. The Morgan fingerprint density at radius 2 is 1.78 bits per heavy atom. The van der Waals surface area contributed by atoms with Gasteiger partial charge in [0, 0.05) is 17.9 Å². The van der Waals surface area contributed by atoms with Crippen molar-refractivity contribution in [3.8, 4) is 5.75 Å². The van der Waals surface area contributed by atoms with Gasteiger partial charge < -0.3 is 4.74 Å². The molecular weight excluding hydrogens is 284 g/mol. The molecule has 4 rings (SSSR count). The van der Waals surface area contributed by atoms with Crippen molar-refractivity contribution in [2.24, 2.45) is 11.0 Å². The maximum Gasteiger partial charge on any atom is 0.197 e. The first-order valence-corrected chi connectivity index (χ1v) is 8.30. The molecule has 0 saturated carbocycles. The maximum absolute atomic E-state index is 6.40. The van der Waals surface area contributed by atoms with Crippen LogP contribution in [0.4, 0.5) is 0 Å². The highest BCUT2D eigenvalue weighted by atomic mass is 16.5. The van der Waals surface area contributed by atoms with E-state index < -0.39 is 5.72 Å². The molecule has 2 aliphatic rings. The Morgan fingerprint density at radius 1 is 1.09 bits per heavy atom. The SMILES string of the molecule is CC(C)C1(C)Oc2ccccc2C2CC(c3ccccc3)=NN21. The van der Waals surface area contributed by atoms with Crippen LogP contribution < -0.4 is 4.74 Å². The molecule has 0 amide bonds. The van der Waals surface area contributed by atoms with Crippen molar-refractivity contribution >= 4 is 5.71 Å². The van der Waals surface area contributed by atoms with Gasteiger partial charge in [0.15, 0.2) is 5.72 Å². The lowest BCUT2D eigenvalue weighted by molar-refractivity contribution is -0.135. The molecule has 0 bridgehead atoms. The Hall–Kier alpha value is -2.29. The van der Waals surface area contributed by atoms with Crippen LogP contribution >= 0.6 is 0 Å². The first-order valence-electron chi connectivity index (χ1n) is 8.30. The van der Waals surface area contributed by atoms with Crippen LogP contribution in [0, 0.1) is 5.92 Å². The lowest BCUT2D eigenvalue weighted by atomic mass is 9.91. The topological polar surface area (TPSA) is 24.8 Å². The number of fused-ring (bicyclic) bond motifs is 3. The molecule has 2 aromatic carbocycles. The zero-order valence-corrected chi connectivity index (χ0v) is 13.9. The molecular formula is C20H22N2O. The van der Waals surface area contributed by atoms with E-state index in [1.165, 1.54) is 11.1 Å². The third-order valence-electron chi connectivity index (χ3n) is 5.14. The van der Waals surface area contributed by atoms with Crippen LogP contribution in [0.5, 0.6) is 5.75 Å². The highest BCUT2D eigenvalue weighted by Gasteiger charge is 2.49. The summed E-state index contributed by atoms with van der Waals surface area (Å²) in [6.45, 7) is 6.54. The standard InChI is InChI=1S/C20H22N2O/c1-14(2)20(3)22-18(16-11-7-8-12-19(16)23-20)13-17(21-22)15-9-5-4-6-10-15/h4-12,14,18H,13H2,1-3H3. The largest absolute Gasteiger partial charge is 0.466 e. The summed E-state index contributed by atoms with van der Waals surface area (Å²) in [6.07, 6.45) is 0.923. The number of hydrogen-bond acceptors (Lipinski definition) is 3. The molecule has 2 aliphatic heterocycles. The Balaban J connectivity index is 1.81. The second-order valence-corrected chi connectivity index (χ2v) is 6.83. The molecule has 118 valence electrons. The molecule has 23 heavy (non-hydrogen) atoms. The molecule has 0 saturated heterocycles. The minimum absolute atomic E-state index is 0.252. The van der Waals surface area contributed by atoms with Crippen molar-refractivity contribution < 1.29 is 4.74 Å². The number of para-hydroxylation sites is 1. The van der Waals surface area contributed by atoms with Crippen LogP contribution in [0.15, 0.2) is 59.7 Å². The Labute approximate surface area is 137 Å². The van der Waals surface area contributed by atoms with E-state index in [9.17, 15) is 0 Å². The lowest BCUT2D eigenvalue weighted by Gasteiger charge is -2.48. The van der Waals surface area contributed by atoms with E-state index in [1.54, 1.807) is 0 Å². The predicted octanol–water partition coefficient (Wildman–Crippen LogP) is 4.60. The van der Waals surface area contributed by atoms with Gasteiger partial charge in [0.2, 0.25) is 0 Å². The van der Waals surface area contributed by atoms with Gasteiger partial charge in [-0.2, -0.15) is 5.10 Å². The monoisotopic (exact) mass is 306 g/mol. The van der Waals surface area contributed by atoms with Gasteiger partial charge in [-0.25, -0.2) is 5.01 Å². The summed E-state index contributed by atoms with van der Waals surface area (Å²) in [4.78, 5) is 0. The van der Waals surface area contributed by atoms with Crippen molar-refractivity contribution in [3.63, 3.8) is 0 Å². The number of hydrazone groups is 1. The molecule has 2 heterocycles. The second kappa shape index (κ2) is 5.12. The van der Waals surface area contributed by atoms with Crippen molar-refractivity contribution in [2.45, 2.75) is 39.0 Å². The fourth-order valence-corrected chi connectivity index (χ4v) is 3.47. The molecule has 3 nitrogen and oxygen atoms in total. The van der Waals surface area contributed by atoms with Gasteiger partial charge in [-0.15, -0.1) is 0 Å². The molecule has 3 heteroatoms. The van der Waals surface area contributed by atoms with Crippen LogP contribution in [0.25, 0.3) is 0 Å². The van der Waals surface area contributed by atoms with Gasteiger partial charge in [-0.3, -0.25) is 0 Å². The van der Waals surface area contributed by atoms with Crippen LogP contribution in [-0.2, 0) is 0 Å². The van der Waals surface area contributed by atoms with Crippen LogP contribution in [-0.4, -0.2) is 16.4 Å². The van der Waals surface area contributed by atoms with Gasteiger partial charge in [0.25, 0.3) is 0 Å². The number of nitrogens with zero attached hydrogens (tertiary/aromatic N) is 2. The fourth-order valence-electron chi connectivity index (χ4n) is 3.47. The molecule has 0 N–H and O–H groups in total. The highest BCUT2D eigenvalue weighted by molar-refractivity contribution is 6.01.